The van der Waals surface area contributed by atoms with Crippen molar-refractivity contribution < 1.29 is 4.79 Å². The SMILES string of the molecule is Cc1nc(Nc2ccc(C#N)cc2)cc(C(=O)NCCc2ccc(Cl)cc2)n1. The van der Waals surface area contributed by atoms with Gasteiger partial charge < -0.3 is 10.6 Å². The minimum atomic E-state index is -0.262. The molecule has 2 aromatic carbocycles. The van der Waals surface area contributed by atoms with Gasteiger partial charge in [0.2, 0.25) is 0 Å². The Morgan fingerprint density at radius 3 is 2.50 bits per heavy atom. The molecule has 2 N–H and O–H groups in total. The molecule has 7 heteroatoms. The number of benzene rings is 2. The minimum Gasteiger partial charge on any atom is -0.350 e. The van der Waals surface area contributed by atoms with Gasteiger partial charge in [0.15, 0.2) is 0 Å². The number of nitrogens with one attached hydrogen (secondary N) is 2. The Morgan fingerprint density at radius 2 is 1.82 bits per heavy atom. The number of hydrogen-bond donors (Lipinski definition) is 2. The number of hydrogen-bond acceptors (Lipinski definition) is 5. The van der Waals surface area contributed by atoms with Crippen molar-refractivity contribution in [2.45, 2.75) is 13.3 Å². The van der Waals surface area contributed by atoms with E-state index in [0.29, 0.717) is 40.9 Å². The van der Waals surface area contributed by atoms with Crippen LogP contribution in [0, 0.1) is 18.3 Å². The van der Waals surface area contributed by atoms with Crippen LogP contribution in [0.5, 0.6) is 0 Å². The topological polar surface area (TPSA) is 90.7 Å². The predicted octanol–water partition coefficient (Wildman–Crippen LogP) is 4.03. The molecule has 1 heterocycles. The molecule has 0 unspecified atom stereocenters. The molecule has 0 aliphatic carbocycles. The van der Waals surface area contributed by atoms with E-state index in [1.807, 2.05) is 24.3 Å². The maximum Gasteiger partial charge on any atom is 0.270 e. The average Bonchev–Trinajstić information content (AvgIpc) is 2.69. The van der Waals surface area contributed by atoms with Gasteiger partial charge in [-0.15, -0.1) is 0 Å². The average molecular weight is 392 g/mol. The second-order valence-corrected chi connectivity index (χ2v) is 6.57. The lowest BCUT2D eigenvalue weighted by molar-refractivity contribution is 0.0949. The van der Waals surface area contributed by atoms with Gasteiger partial charge in [0.1, 0.15) is 17.3 Å². The maximum absolute atomic E-state index is 12.4. The summed E-state index contributed by atoms with van der Waals surface area (Å²) < 4.78 is 0. The number of aryl methyl sites for hydroxylation is 1. The zero-order chi connectivity index (χ0) is 19.9. The first-order valence-corrected chi connectivity index (χ1v) is 9.07. The van der Waals surface area contributed by atoms with Crippen molar-refractivity contribution in [2.24, 2.45) is 0 Å². The molecule has 1 amide bonds. The fraction of sp³-hybridized carbons (Fsp3) is 0.143. The molecule has 6 nitrogen and oxygen atoms in total. The summed E-state index contributed by atoms with van der Waals surface area (Å²) in [6, 6.07) is 18.2. The summed E-state index contributed by atoms with van der Waals surface area (Å²) >= 11 is 5.87. The second kappa shape index (κ2) is 8.98. The van der Waals surface area contributed by atoms with E-state index in [0.717, 1.165) is 11.3 Å². The number of anilines is 2. The number of halogens is 1. The van der Waals surface area contributed by atoms with Crippen LogP contribution in [-0.2, 0) is 6.42 Å². The molecule has 0 bridgehead atoms. The fourth-order valence-electron chi connectivity index (χ4n) is 2.59. The van der Waals surface area contributed by atoms with Gasteiger partial charge in [-0.3, -0.25) is 4.79 Å². The van der Waals surface area contributed by atoms with E-state index >= 15 is 0 Å². The zero-order valence-electron chi connectivity index (χ0n) is 15.2. The Kier molecular flexibility index (Phi) is 6.20. The summed E-state index contributed by atoms with van der Waals surface area (Å²) in [4.78, 5) is 21.0. The summed E-state index contributed by atoms with van der Waals surface area (Å²) in [5.41, 5.74) is 2.72. The van der Waals surface area contributed by atoms with E-state index in [1.165, 1.54) is 0 Å². The Labute approximate surface area is 168 Å². The number of nitriles is 1. The van der Waals surface area contributed by atoms with Crippen molar-refractivity contribution in [3.8, 4) is 6.07 Å². The van der Waals surface area contributed by atoms with Crippen LogP contribution in [0.2, 0.25) is 5.02 Å². The Hall–Kier alpha value is -3.43. The molecule has 0 aliphatic rings. The number of carbonyl (C=O) groups excluding carboxylic acids is 1. The molecule has 1 aromatic heterocycles. The summed E-state index contributed by atoms with van der Waals surface area (Å²) in [5, 5.41) is 15.5. The number of nitrogens with zero attached hydrogens (tertiary/aromatic N) is 3. The molecule has 0 atom stereocenters. The summed E-state index contributed by atoms with van der Waals surface area (Å²) in [5.74, 6) is 0.740. The molecule has 0 spiro atoms. The molecule has 3 aromatic rings. The molecule has 0 saturated carbocycles. The van der Waals surface area contributed by atoms with Gasteiger partial charge in [0.25, 0.3) is 5.91 Å². The predicted molar refractivity (Wildman–Crippen MR) is 109 cm³/mol. The second-order valence-electron chi connectivity index (χ2n) is 6.13. The lowest BCUT2D eigenvalue weighted by Crippen LogP contribution is -2.27. The standard InChI is InChI=1S/C21H18ClN5O/c1-14-25-19(21(28)24-11-10-15-2-6-17(22)7-3-15)12-20(26-14)27-18-8-4-16(13-23)5-9-18/h2-9,12H,10-11H2,1H3,(H,24,28)(H,25,26,27). The van der Waals surface area contributed by atoms with Gasteiger partial charge in [-0.1, -0.05) is 23.7 Å². The van der Waals surface area contributed by atoms with E-state index in [1.54, 1.807) is 37.3 Å². The highest BCUT2D eigenvalue weighted by Gasteiger charge is 2.10. The van der Waals surface area contributed by atoms with Gasteiger partial charge in [0, 0.05) is 23.3 Å². The van der Waals surface area contributed by atoms with E-state index < -0.39 is 0 Å². The first-order valence-electron chi connectivity index (χ1n) is 8.69. The Balaban J connectivity index is 1.63. The molecule has 0 aliphatic heterocycles. The summed E-state index contributed by atoms with van der Waals surface area (Å²) in [7, 11) is 0. The number of aromatic nitrogens is 2. The van der Waals surface area contributed by atoms with E-state index in [4.69, 9.17) is 16.9 Å². The van der Waals surface area contributed by atoms with Gasteiger partial charge in [-0.05, 0) is 55.3 Å². The largest absolute Gasteiger partial charge is 0.350 e. The van der Waals surface area contributed by atoms with E-state index in [9.17, 15) is 4.79 Å². The van der Waals surface area contributed by atoms with Crippen LogP contribution in [0.1, 0.15) is 27.4 Å². The smallest absolute Gasteiger partial charge is 0.270 e. The lowest BCUT2D eigenvalue weighted by atomic mass is 10.1. The van der Waals surface area contributed by atoms with Gasteiger partial charge >= 0.3 is 0 Å². The number of rotatable bonds is 6. The normalized spacial score (nSPS) is 10.2. The van der Waals surface area contributed by atoms with Crippen LogP contribution < -0.4 is 10.6 Å². The number of amides is 1. The van der Waals surface area contributed by atoms with Crippen LogP contribution in [-0.4, -0.2) is 22.4 Å². The number of carbonyl (C=O) groups is 1. The fourth-order valence-corrected chi connectivity index (χ4v) is 2.71. The third-order valence-corrected chi connectivity index (χ3v) is 4.22. The van der Waals surface area contributed by atoms with Gasteiger partial charge in [-0.25, -0.2) is 9.97 Å². The summed E-state index contributed by atoms with van der Waals surface area (Å²) in [6.07, 6.45) is 0.698. The first kappa shape index (κ1) is 19.3. The van der Waals surface area contributed by atoms with Crippen molar-refractivity contribution in [1.29, 1.82) is 5.26 Å². The monoisotopic (exact) mass is 391 g/mol. The maximum atomic E-state index is 12.4. The van der Waals surface area contributed by atoms with Crippen LogP contribution in [0.15, 0.2) is 54.6 Å². The molecule has 28 heavy (non-hydrogen) atoms. The molecule has 3 rings (SSSR count). The van der Waals surface area contributed by atoms with Crippen molar-refractivity contribution in [3.63, 3.8) is 0 Å². The molecular weight excluding hydrogens is 374 g/mol. The lowest BCUT2D eigenvalue weighted by Gasteiger charge is -2.09. The highest BCUT2D eigenvalue weighted by atomic mass is 35.5. The highest BCUT2D eigenvalue weighted by molar-refractivity contribution is 6.30. The molecular formula is C21H18ClN5O. The summed E-state index contributed by atoms with van der Waals surface area (Å²) in [6.45, 7) is 2.22. The van der Waals surface area contributed by atoms with Crippen molar-refractivity contribution in [3.05, 3.63) is 82.3 Å². The van der Waals surface area contributed by atoms with Crippen LogP contribution in [0.3, 0.4) is 0 Å². The molecule has 0 saturated heterocycles. The molecule has 0 radical (unpaired) electrons. The molecule has 140 valence electrons. The minimum absolute atomic E-state index is 0.262. The van der Waals surface area contributed by atoms with E-state index in [2.05, 4.69) is 26.7 Å². The highest BCUT2D eigenvalue weighted by Crippen LogP contribution is 2.16. The zero-order valence-corrected chi connectivity index (χ0v) is 16.0. The van der Waals surface area contributed by atoms with Crippen LogP contribution in [0.4, 0.5) is 11.5 Å². The first-order chi connectivity index (χ1) is 13.5. The third-order valence-electron chi connectivity index (χ3n) is 3.97. The van der Waals surface area contributed by atoms with Crippen LogP contribution in [0.25, 0.3) is 0 Å². The van der Waals surface area contributed by atoms with Crippen molar-refractivity contribution >= 4 is 29.0 Å². The third kappa shape index (κ3) is 5.29. The van der Waals surface area contributed by atoms with Crippen molar-refractivity contribution in [2.75, 3.05) is 11.9 Å². The Bertz CT molecular complexity index is 1010. The van der Waals surface area contributed by atoms with Crippen LogP contribution >= 0.6 is 11.6 Å². The Morgan fingerprint density at radius 1 is 1.11 bits per heavy atom. The van der Waals surface area contributed by atoms with Gasteiger partial charge in [-0.2, -0.15) is 5.26 Å². The van der Waals surface area contributed by atoms with E-state index in [-0.39, 0.29) is 5.91 Å². The quantitative estimate of drug-likeness (QED) is 0.662. The van der Waals surface area contributed by atoms with Crippen molar-refractivity contribution in [1.82, 2.24) is 15.3 Å². The molecule has 0 fully saturated rings. The van der Waals surface area contributed by atoms with Gasteiger partial charge in [0.05, 0.1) is 11.6 Å².